The van der Waals surface area contributed by atoms with E-state index in [4.69, 9.17) is 9.97 Å². The molecule has 0 radical (unpaired) electrons. The number of fused-ring (bicyclic) bond motifs is 6. The molecule has 1 unspecified atom stereocenters. The van der Waals surface area contributed by atoms with Crippen LogP contribution in [0.4, 0.5) is 11.4 Å². The van der Waals surface area contributed by atoms with Crippen LogP contribution in [0, 0.1) is 5.92 Å². The van der Waals surface area contributed by atoms with Gasteiger partial charge in [0.2, 0.25) is 11.8 Å². The number of aryl methyl sites for hydroxylation is 1. The lowest BCUT2D eigenvalue weighted by atomic mass is 9.90. The first-order valence-electron chi connectivity index (χ1n) is 20.6. The monoisotopic (exact) mass is 797 g/mol. The minimum Gasteiger partial charge on any atom is -0.381 e. The Kier molecular flexibility index (Phi) is 9.28. The van der Waals surface area contributed by atoms with Crippen LogP contribution in [0.5, 0.6) is 0 Å². The number of rotatable bonds is 6. The fourth-order valence-electron chi connectivity index (χ4n) is 9.72. The highest BCUT2D eigenvalue weighted by Gasteiger charge is 2.33. The molecule has 58 heavy (non-hydrogen) atoms. The lowest BCUT2D eigenvalue weighted by Gasteiger charge is -2.38. The number of pyridine rings is 2. The molecule has 2 atom stereocenters. The Morgan fingerprint density at radius 2 is 1.72 bits per heavy atom. The SMILES string of the molecule is C[C@@H]1CNc2c(sc3ccc4nc(-c5ccc(C6CCN(CC7CCN(c8cccc9c8n(C)c(=O)n9C8CCC(=O)NC8=O)CC7)CC6)nc5)ccc4c23)C(=O)N1. The lowest BCUT2D eigenvalue weighted by Crippen LogP contribution is -2.44. The Morgan fingerprint density at radius 1 is 0.897 bits per heavy atom. The van der Waals surface area contributed by atoms with E-state index in [2.05, 4.69) is 62.1 Å². The zero-order chi connectivity index (χ0) is 39.7. The molecule has 4 aliphatic heterocycles. The van der Waals surface area contributed by atoms with E-state index in [1.807, 2.05) is 31.3 Å². The second-order valence-corrected chi connectivity index (χ2v) is 17.6. The van der Waals surface area contributed by atoms with Gasteiger partial charge in [0, 0.05) is 84.5 Å². The summed E-state index contributed by atoms with van der Waals surface area (Å²) in [6, 6.07) is 18.0. The van der Waals surface area contributed by atoms with E-state index in [0.29, 0.717) is 24.8 Å². The normalized spacial score (nSPS) is 21.3. The maximum Gasteiger partial charge on any atom is 0.329 e. The lowest BCUT2D eigenvalue weighted by molar-refractivity contribution is -0.135. The number of benzene rings is 2. The van der Waals surface area contributed by atoms with Crippen molar-refractivity contribution in [1.29, 1.82) is 0 Å². The number of nitrogens with zero attached hydrogens (tertiary/aromatic N) is 6. The van der Waals surface area contributed by atoms with E-state index in [9.17, 15) is 19.2 Å². The number of piperidine rings is 3. The zero-order valence-corrected chi connectivity index (χ0v) is 33.6. The van der Waals surface area contributed by atoms with Crippen molar-refractivity contribution in [3.05, 3.63) is 81.8 Å². The molecule has 14 heteroatoms. The predicted molar refractivity (Wildman–Crippen MR) is 228 cm³/mol. The quantitative estimate of drug-likeness (QED) is 0.179. The van der Waals surface area contributed by atoms with Gasteiger partial charge in [0.15, 0.2) is 0 Å². The van der Waals surface area contributed by atoms with Gasteiger partial charge in [-0.05, 0) is 107 Å². The maximum absolute atomic E-state index is 13.5. The summed E-state index contributed by atoms with van der Waals surface area (Å²) in [7, 11) is 1.77. The Labute approximate surface area is 339 Å². The predicted octanol–water partition coefficient (Wildman–Crippen LogP) is 5.78. The van der Waals surface area contributed by atoms with Crippen LogP contribution < -0.4 is 26.5 Å². The summed E-state index contributed by atoms with van der Waals surface area (Å²) < 4.78 is 4.30. The van der Waals surface area contributed by atoms with Gasteiger partial charge in [-0.15, -0.1) is 11.3 Å². The molecular weight excluding hydrogens is 751 g/mol. The van der Waals surface area contributed by atoms with Crippen LogP contribution in [0.15, 0.2) is 65.6 Å². The van der Waals surface area contributed by atoms with Gasteiger partial charge in [-0.2, -0.15) is 0 Å². The topological polar surface area (TPSA) is 146 Å². The van der Waals surface area contributed by atoms with Crippen LogP contribution in [0.1, 0.15) is 72.8 Å². The summed E-state index contributed by atoms with van der Waals surface area (Å²) in [6.45, 7) is 7.74. The first kappa shape index (κ1) is 36.7. The molecule has 3 saturated heterocycles. The molecule has 0 aliphatic carbocycles. The molecule has 4 aromatic heterocycles. The van der Waals surface area contributed by atoms with Crippen molar-refractivity contribution in [2.75, 3.05) is 49.5 Å². The molecule has 0 bridgehead atoms. The fraction of sp³-hybridized carbons (Fsp3) is 0.409. The van der Waals surface area contributed by atoms with Crippen molar-refractivity contribution in [1.82, 2.24) is 34.6 Å². The molecule has 4 aliphatic rings. The zero-order valence-electron chi connectivity index (χ0n) is 32.8. The van der Waals surface area contributed by atoms with Crippen LogP contribution in [-0.2, 0) is 16.6 Å². The number of nitrogens with one attached hydrogen (secondary N) is 3. The van der Waals surface area contributed by atoms with Gasteiger partial charge < -0.3 is 20.4 Å². The molecular formula is C44H47N9O4S. The largest absolute Gasteiger partial charge is 0.381 e. The van der Waals surface area contributed by atoms with E-state index in [-0.39, 0.29) is 30.0 Å². The van der Waals surface area contributed by atoms with Crippen LogP contribution in [0.3, 0.4) is 0 Å². The molecule has 10 rings (SSSR count). The summed E-state index contributed by atoms with van der Waals surface area (Å²) in [6.07, 6.45) is 6.86. The van der Waals surface area contributed by atoms with Gasteiger partial charge in [-0.3, -0.25) is 33.8 Å². The van der Waals surface area contributed by atoms with Crippen molar-refractivity contribution in [2.45, 2.75) is 63.5 Å². The van der Waals surface area contributed by atoms with Gasteiger partial charge in [0.25, 0.3) is 5.91 Å². The number of imide groups is 1. The maximum atomic E-state index is 13.5. The van der Waals surface area contributed by atoms with Gasteiger partial charge in [-0.1, -0.05) is 6.07 Å². The summed E-state index contributed by atoms with van der Waals surface area (Å²) in [5.41, 5.74) is 7.20. The van der Waals surface area contributed by atoms with Crippen molar-refractivity contribution in [2.24, 2.45) is 13.0 Å². The Bertz CT molecular complexity index is 2670. The van der Waals surface area contributed by atoms with E-state index < -0.39 is 11.9 Å². The third-order valence-electron chi connectivity index (χ3n) is 12.9. The van der Waals surface area contributed by atoms with Gasteiger partial charge in [-0.25, -0.2) is 9.78 Å². The summed E-state index contributed by atoms with van der Waals surface area (Å²) in [4.78, 5) is 66.6. The van der Waals surface area contributed by atoms with E-state index >= 15 is 0 Å². The number of carbonyl (C=O) groups is 3. The molecule has 298 valence electrons. The van der Waals surface area contributed by atoms with Crippen molar-refractivity contribution in [3.63, 3.8) is 0 Å². The number of hydrogen-bond acceptors (Lipinski definition) is 10. The van der Waals surface area contributed by atoms with E-state index in [0.717, 1.165) is 124 Å². The van der Waals surface area contributed by atoms with Gasteiger partial charge >= 0.3 is 5.69 Å². The third-order valence-corrected chi connectivity index (χ3v) is 14.0. The van der Waals surface area contributed by atoms with Crippen LogP contribution in [0.25, 0.3) is 43.3 Å². The molecule has 0 spiro atoms. The smallest absolute Gasteiger partial charge is 0.329 e. The number of likely N-dealkylation sites (tertiary alicyclic amines) is 1. The highest BCUT2D eigenvalue weighted by atomic mass is 32.1. The minimum absolute atomic E-state index is 0.0230. The fourth-order valence-corrected chi connectivity index (χ4v) is 10.8. The summed E-state index contributed by atoms with van der Waals surface area (Å²) in [5.74, 6) is 0.325. The number of amides is 3. The number of para-hydroxylation sites is 1. The average Bonchev–Trinajstić information content (AvgIpc) is 3.70. The number of thiophene rings is 1. The third kappa shape index (κ3) is 6.42. The molecule has 6 aromatic rings. The highest BCUT2D eigenvalue weighted by molar-refractivity contribution is 7.21. The summed E-state index contributed by atoms with van der Waals surface area (Å²) in [5, 5.41) is 11.1. The van der Waals surface area contributed by atoms with E-state index in [1.165, 1.54) is 11.3 Å². The molecule has 3 N–H and O–H groups in total. The number of hydrogen-bond donors (Lipinski definition) is 3. The van der Waals surface area contributed by atoms with Crippen molar-refractivity contribution >= 4 is 72.5 Å². The number of anilines is 2. The van der Waals surface area contributed by atoms with Gasteiger partial charge in [0.1, 0.15) is 10.9 Å². The standard InChI is InChI=1S/C44H47N9O4S/c1-25-22-46-39-38-29-7-9-31(48-32(29)10-12-36(38)58-41(39)43(56)47-25)28-6-8-30(45-23-28)27-16-18-51(19-17-27)24-26-14-20-52(21-15-26)33-4-3-5-34-40(33)50(2)44(57)53(34)35-11-13-37(54)49-42(35)55/h3-10,12,23,25-27,35,46H,11,13-22,24H2,1-2H3,(H,47,56)(H,49,54,55)/t25-,35?/m1/s1. The average molecular weight is 798 g/mol. The van der Waals surface area contributed by atoms with E-state index in [1.54, 1.807) is 16.2 Å². The van der Waals surface area contributed by atoms with Gasteiger partial charge in [0.05, 0.1) is 33.6 Å². The number of aromatic nitrogens is 4. The molecule has 13 nitrogen and oxygen atoms in total. The first-order valence-corrected chi connectivity index (χ1v) is 21.4. The second-order valence-electron chi connectivity index (χ2n) is 16.6. The second kappa shape index (κ2) is 14.7. The molecule has 3 fully saturated rings. The Morgan fingerprint density at radius 3 is 2.50 bits per heavy atom. The Hall–Kier alpha value is -5.60. The highest BCUT2D eigenvalue weighted by Crippen LogP contribution is 2.41. The number of carbonyl (C=O) groups excluding carboxylic acids is 3. The first-order chi connectivity index (χ1) is 28.2. The number of imidazole rings is 1. The molecule has 0 saturated carbocycles. The van der Waals surface area contributed by atoms with Crippen LogP contribution >= 0.6 is 11.3 Å². The van der Waals surface area contributed by atoms with Crippen LogP contribution in [-0.4, -0.2) is 87.0 Å². The van der Waals surface area contributed by atoms with Crippen LogP contribution in [0.2, 0.25) is 0 Å². The van der Waals surface area contributed by atoms with Crippen molar-refractivity contribution in [3.8, 4) is 11.3 Å². The molecule has 3 amide bonds. The Balaban J connectivity index is 0.758. The van der Waals surface area contributed by atoms with Crippen molar-refractivity contribution < 1.29 is 14.4 Å². The minimum atomic E-state index is -0.688. The molecule has 8 heterocycles. The summed E-state index contributed by atoms with van der Waals surface area (Å²) >= 11 is 1.52. The molecule has 2 aromatic carbocycles.